The van der Waals surface area contributed by atoms with Crippen molar-refractivity contribution < 1.29 is 19.4 Å². The van der Waals surface area contributed by atoms with Gasteiger partial charge in [-0.3, -0.25) is 0 Å². The number of aromatic carboxylic acids is 1. The average molecular weight is 352 g/mol. The Kier molecular flexibility index (Phi) is 5.05. The van der Waals surface area contributed by atoms with E-state index in [1.165, 1.54) is 6.07 Å². The Hall–Kier alpha value is -2.21. The highest BCUT2D eigenvalue weighted by Crippen LogP contribution is 2.26. The average Bonchev–Trinajstić information content (AvgIpc) is 2.46. The molecule has 0 fully saturated rings. The molecule has 0 unspecified atom stereocenters. The van der Waals surface area contributed by atoms with Gasteiger partial charge in [0.1, 0.15) is 24.5 Å². The lowest BCUT2D eigenvalue weighted by Crippen LogP contribution is -2.12. The number of benzene rings is 2. The van der Waals surface area contributed by atoms with Crippen molar-refractivity contribution in [3.63, 3.8) is 0 Å². The second kappa shape index (κ2) is 6.99. The van der Waals surface area contributed by atoms with Gasteiger partial charge in [0.25, 0.3) is 0 Å². The Bertz CT molecular complexity index is 628. The molecule has 0 spiro atoms. The van der Waals surface area contributed by atoms with Gasteiger partial charge in [0.15, 0.2) is 5.75 Å². The fourth-order valence-electron chi connectivity index (χ4n) is 1.72. The highest BCUT2D eigenvalue weighted by Gasteiger charge is 2.13. The minimum atomic E-state index is -1.08. The minimum Gasteiger partial charge on any atom is -0.490 e. The normalized spacial score (nSPS) is 10.1. The third-order valence-corrected chi connectivity index (χ3v) is 3.22. The maximum atomic E-state index is 11.1. The lowest BCUT2D eigenvalue weighted by Gasteiger charge is -2.12. The van der Waals surface area contributed by atoms with E-state index in [2.05, 4.69) is 15.9 Å². The first kappa shape index (κ1) is 15.2. The summed E-state index contributed by atoms with van der Waals surface area (Å²) in [5, 5.41) is 9.08. The van der Waals surface area contributed by atoms with Crippen molar-refractivity contribution in [3.8, 4) is 11.5 Å². The van der Waals surface area contributed by atoms with E-state index in [0.29, 0.717) is 11.4 Å². The topological polar surface area (TPSA) is 81.8 Å². The van der Waals surface area contributed by atoms with Crippen LogP contribution >= 0.6 is 15.9 Å². The molecule has 2 aromatic rings. The number of halogens is 1. The molecule has 0 saturated heterocycles. The van der Waals surface area contributed by atoms with Gasteiger partial charge in [-0.2, -0.15) is 0 Å². The number of carboxylic acid groups (broad SMARTS) is 1. The van der Waals surface area contributed by atoms with Crippen LogP contribution in [0.15, 0.2) is 46.9 Å². The smallest absolute Gasteiger partial charge is 0.339 e. The standard InChI is InChI=1S/C15H14BrNO4/c16-10-4-6-11(7-5-10)20-8-9-21-14-12(15(18)19)2-1-3-13(14)17/h1-7H,8-9,17H2,(H,18,19). The van der Waals surface area contributed by atoms with E-state index < -0.39 is 5.97 Å². The summed E-state index contributed by atoms with van der Waals surface area (Å²) in [7, 11) is 0. The fourth-order valence-corrected chi connectivity index (χ4v) is 1.98. The van der Waals surface area contributed by atoms with Gasteiger partial charge >= 0.3 is 5.97 Å². The van der Waals surface area contributed by atoms with Gasteiger partial charge in [-0.05, 0) is 36.4 Å². The second-order valence-corrected chi connectivity index (χ2v) is 5.10. The van der Waals surface area contributed by atoms with Gasteiger partial charge in [-0.25, -0.2) is 4.79 Å². The summed E-state index contributed by atoms with van der Waals surface area (Å²) < 4.78 is 11.9. The van der Waals surface area contributed by atoms with Crippen LogP contribution in [0.5, 0.6) is 11.5 Å². The summed E-state index contributed by atoms with van der Waals surface area (Å²) in [5.41, 5.74) is 6.07. The van der Waals surface area contributed by atoms with E-state index in [1.54, 1.807) is 12.1 Å². The van der Waals surface area contributed by atoms with E-state index in [-0.39, 0.29) is 24.5 Å². The zero-order valence-electron chi connectivity index (χ0n) is 11.1. The van der Waals surface area contributed by atoms with Gasteiger partial charge in [-0.1, -0.05) is 22.0 Å². The monoisotopic (exact) mass is 351 g/mol. The van der Waals surface area contributed by atoms with Crippen LogP contribution in [0.1, 0.15) is 10.4 Å². The Labute approximate surface area is 130 Å². The van der Waals surface area contributed by atoms with Crippen molar-refractivity contribution in [2.24, 2.45) is 0 Å². The number of hydrogen-bond donors (Lipinski definition) is 2. The molecule has 0 aliphatic heterocycles. The summed E-state index contributed by atoms with van der Waals surface area (Å²) in [4.78, 5) is 11.1. The van der Waals surface area contributed by atoms with Gasteiger partial charge in [0.05, 0.1) is 5.69 Å². The summed E-state index contributed by atoms with van der Waals surface area (Å²) in [5.74, 6) is -0.197. The molecule has 3 N–H and O–H groups in total. The van der Waals surface area contributed by atoms with Gasteiger partial charge in [0, 0.05) is 4.47 Å². The number of anilines is 1. The van der Waals surface area contributed by atoms with E-state index >= 15 is 0 Å². The SMILES string of the molecule is Nc1cccc(C(=O)O)c1OCCOc1ccc(Br)cc1. The quantitative estimate of drug-likeness (QED) is 0.616. The molecule has 0 atom stereocenters. The molecule has 0 aliphatic rings. The van der Waals surface area contributed by atoms with Crippen LogP contribution in [0, 0.1) is 0 Å². The number of para-hydroxylation sites is 1. The van der Waals surface area contributed by atoms with Crippen LogP contribution in [0.25, 0.3) is 0 Å². The highest BCUT2D eigenvalue weighted by atomic mass is 79.9. The number of ether oxygens (including phenoxy) is 2. The van der Waals surface area contributed by atoms with Crippen molar-refractivity contribution in [3.05, 3.63) is 52.5 Å². The molecule has 2 rings (SSSR count). The van der Waals surface area contributed by atoms with Crippen LogP contribution in [0.3, 0.4) is 0 Å². The van der Waals surface area contributed by atoms with Gasteiger partial charge in [0.2, 0.25) is 0 Å². The lowest BCUT2D eigenvalue weighted by molar-refractivity contribution is 0.0691. The van der Waals surface area contributed by atoms with Crippen molar-refractivity contribution in [1.82, 2.24) is 0 Å². The van der Waals surface area contributed by atoms with Crippen LogP contribution in [-0.4, -0.2) is 24.3 Å². The summed E-state index contributed by atoms with van der Waals surface area (Å²) in [6.45, 7) is 0.486. The zero-order valence-corrected chi connectivity index (χ0v) is 12.7. The van der Waals surface area contributed by atoms with E-state index in [1.807, 2.05) is 24.3 Å². The molecule has 6 heteroatoms. The summed E-state index contributed by atoms with van der Waals surface area (Å²) in [6, 6.07) is 12.0. The van der Waals surface area contributed by atoms with Gasteiger partial charge in [-0.15, -0.1) is 0 Å². The van der Waals surface area contributed by atoms with Crippen LogP contribution in [-0.2, 0) is 0 Å². The predicted molar refractivity (Wildman–Crippen MR) is 82.9 cm³/mol. The highest BCUT2D eigenvalue weighted by molar-refractivity contribution is 9.10. The third-order valence-electron chi connectivity index (χ3n) is 2.69. The number of carboxylic acids is 1. The molecule has 21 heavy (non-hydrogen) atoms. The van der Waals surface area contributed by atoms with Crippen LogP contribution in [0.2, 0.25) is 0 Å². The number of nitrogen functional groups attached to an aromatic ring is 1. The largest absolute Gasteiger partial charge is 0.490 e. The number of hydrogen-bond acceptors (Lipinski definition) is 4. The molecule has 0 aromatic heterocycles. The van der Waals surface area contributed by atoms with Crippen LogP contribution in [0.4, 0.5) is 5.69 Å². The first-order valence-electron chi connectivity index (χ1n) is 6.21. The van der Waals surface area contributed by atoms with Gasteiger partial charge < -0.3 is 20.3 Å². The Morgan fingerprint density at radius 3 is 2.43 bits per heavy atom. The van der Waals surface area contributed by atoms with E-state index in [0.717, 1.165) is 4.47 Å². The molecule has 0 aliphatic carbocycles. The molecular weight excluding hydrogens is 338 g/mol. The number of rotatable bonds is 6. The molecule has 0 heterocycles. The third kappa shape index (κ3) is 4.13. The molecule has 0 bridgehead atoms. The first-order chi connectivity index (χ1) is 10.1. The predicted octanol–water partition coefficient (Wildman–Crippen LogP) is 3.19. The Morgan fingerprint density at radius 1 is 1.10 bits per heavy atom. The van der Waals surface area contributed by atoms with Crippen LogP contribution < -0.4 is 15.2 Å². The Morgan fingerprint density at radius 2 is 1.76 bits per heavy atom. The molecule has 110 valence electrons. The second-order valence-electron chi connectivity index (χ2n) is 4.18. The number of nitrogens with two attached hydrogens (primary N) is 1. The van der Waals surface area contributed by atoms with E-state index in [4.69, 9.17) is 20.3 Å². The lowest BCUT2D eigenvalue weighted by atomic mass is 10.2. The molecule has 5 nitrogen and oxygen atoms in total. The first-order valence-corrected chi connectivity index (χ1v) is 7.00. The number of carbonyl (C=O) groups is 1. The van der Waals surface area contributed by atoms with Crippen molar-refractivity contribution in [2.45, 2.75) is 0 Å². The summed E-state index contributed by atoms with van der Waals surface area (Å²) in [6.07, 6.45) is 0. The Balaban J connectivity index is 1.92. The maximum Gasteiger partial charge on any atom is 0.339 e. The fraction of sp³-hybridized carbons (Fsp3) is 0.133. The molecule has 2 aromatic carbocycles. The summed E-state index contributed by atoms with van der Waals surface area (Å²) >= 11 is 3.34. The van der Waals surface area contributed by atoms with E-state index in [9.17, 15) is 4.79 Å². The molecular formula is C15H14BrNO4. The van der Waals surface area contributed by atoms with Crippen molar-refractivity contribution in [2.75, 3.05) is 18.9 Å². The van der Waals surface area contributed by atoms with Crippen molar-refractivity contribution >= 4 is 27.6 Å². The molecule has 0 saturated carbocycles. The molecule has 0 radical (unpaired) electrons. The minimum absolute atomic E-state index is 0.0404. The molecule has 0 amide bonds. The van der Waals surface area contributed by atoms with Crippen molar-refractivity contribution in [1.29, 1.82) is 0 Å². The zero-order chi connectivity index (χ0) is 15.2. The maximum absolute atomic E-state index is 11.1.